The summed E-state index contributed by atoms with van der Waals surface area (Å²) in [5.41, 5.74) is 5.80. The number of hydrogen-bond acceptors (Lipinski definition) is 4. The van der Waals surface area contributed by atoms with Crippen molar-refractivity contribution in [1.29, 1.82) is 0 Å². The van der Waals surface area contributed by atoms with Crippen LogP contribution in [-0.4, -0.2) is 24.8 Å². The van der Waals surface area contributed by atoms with Gasteiger partial charge in [-0.3, -0.25) is 0 Å². The third kappa shape index (κ3) is 3.04. The van der Waals surface area contributed by atoms with Crippen molar-refractivity contribution < 1.29 is 4.74 Å². The minimum absolute atomic E-state index is 0.284. The average Bonchev–Trinajstić information content (AvgIpc) is 2.91. The molecule has 1 fully saturated rings. The largest absolute Gasteiger partial charge is 0.374 e. The molecule has 1 saturated heterocycles. The minimum atomic E-state index is 0.284. The highest BCUT2D eigenvalue weighted by Crippen LogP contribution is 2.21. The first-order valence-corrected chi connectivity index (χ1v) is 6.79. The van der Waals surface area contributed by atoms with Gasteiger partial charge in [0, 0.05) is 24.0 Å². The van der Waals surface area contributed by atoms with Crippen LogP contribution in [0.5, 0.6) is 0 Å². The summed E-state index contributed by atoms with van der Waals surface area (Å²) in [6.07, 6.45) is 2.96. The molecule has 16 heavy (non-hydrogen) atoms. The van der Waals surface area contributed by atoms with Crippen molar-refractivity contribution in [3.63, 3.8) is 0 Å². The summed E-state index contributed by atoms with van der Waals surface area (Å²) < 4.78 is 5.85. The van der Waals surface area contributed by atoms with Crippen molar-refractivity contribution in [2.45, 2.75) is 44.6 Å². The fourth-order valence-electron chi connectivity index (χ4n) is 2.14. The molecule has 2 rings (SSSR count). The van der Waals surface area contributed by atoms with Gasteiger partial charge in [-0.25, -0.2) is 0 Å². The Morgan fingerprint density at radius 1 is 1.62 bits per heavy atom. The van der Waals surface area contributed by atoms with Crippen LogP contribution in [0.3, 0.4) is 0 Å². The predicted molar refractivity (Wildman–Crippen MR) is 67.6 cm³/mol. The minimum Gasteiger partial charge on any atom is -0.374 e. The second-order valence-electron chi connectivity index (χ2n) is 4.36. The quantitative estimate of drug-likeness (QED) is 0.824. The number of rotatable bonds is 5. The molecule has 1 aliphatic heterocycles. The molecule has 90 valence electrons. The highest BCUT2D eigenvalue weighted by Gasteiger charge is 2.28. The lowest BCUT2D eigenvalue weighted by atomic mass is 10.1. The van der Waals surface area contributed by atoms with E-state index >= 15 is 0 Å². The number of thiophene rings is 1. The first-order chi connectivity index (χ1) is 7.79. The summed E-state index contributed by atoms with van der Waals surface area (Å²) in [6.45, 7) is 3.67. The molecule has 0 spiro atoms. The Morgan fingerprint density at radius 3 is 3.06 bits per heavy atom. The summed E-state index contributed by atoms with van der Waals surface area (Å²) >= 11 is 1.77. The smallest absolute Gasteiger partial charge is 0.0745 e. The number of nitrogens with one attached hydrogen (secondary N) is 1. The molecule has 0 aliphatic carbocycles. The molecule has 3 N–H and O–H groups in total. The summed E-state index contributed by atoms with van der Waals surface area (Å²) in [4.78, 5) is 1.35. The van der Waals surface area contributed by atoms with Gasteiger partial charge in [-0.05, 0) is 31.2 Å². The van der Waals surface area contributed by atoms with Crippen LogP contribution < -0.4 is 11.1 Å². The van der Waals surface area contributed by atoms with Crippen molar-refractivity contribution in [2.24, 2.45) is 5.73 Å². The fourth-order valence-corrected chi connectivity index (χ4v) is 2.80. The maximum atomic E-state index is 5.85. The van der Waals surface area contributed by atoms with Gasteiger partial charge in [-0.1, -0.05) is 6.07 Å². The molecule has 2 heterocycles. The Morgan fingerprint density at radius 2 is 2.50 bits per heavy atom. The lowest BCUT2D eigenvalue weighted by Crippen LogP contribution is -2.44. The van der Waals surface area contributed by atoms with Crippen molar-refractivity contribution >= 4 is 11.3 Å². The van der Waals surface area contributed by atoms with E-state index in [9.17, 15) is 0 Å². The van der Waals surface area contributed by atoms with Crippen LogP contribution in [-0.2, 0) is 11.3 Å². The topological polar surface area (TPSA) is 47.3 Å². The molecule has 0 aromatic carbocycles. The zero-order valence-electron chi connectivity index (χ0n) is 9.69. The van der Waals surface area contributed by atoms with Gasteiger partial charge in [0.2, 0.25) is 0 Å². The van der Waals surface area contributed by atoms with Crippen molar-refractivity contribution in [2.75, 3.05) is 6.54 Å². The van der Waals surface area contributed by atoms with Gasteiger partial charge in [0.25, 0.3) is 0 Å². The van der Waals surface area contributed by atoms with Crippen LogP contribution in [0.1, 0.15) is 24.6 Å². The molecule has 1 aliphatic rings. The van der Waals surface area contributed by atoms with E-state index in [0.717, 1.165) is 19.4 Å². The highest BCUT2D eigenvalue weighted by molar-refractivity contribution is 7.09. The molecular weight excluding hydrogens is 220 g/mol. The second kappa shape index (κ2) is 5.77. The van der Waals surface area contributed by atoms with Gasteiger partial charge in [0.1, 0.15) is 0 Å². The zero-order valence-corrected chi connectivity index (χ0v) is 10.5. The van der Waals surface area contributed by atoms with Gasteiger partial charge < -0.3 is 15.8 Å². The van der Waals surface area contributed by atoms with Crippen LogP contribution in [0.4, 0.5) is 0 Å². The maximum absolute atomic E-state index is 5.85. The normalized spacial score (nSPS) is 27.1. The average molecular weight is 240 g/mol. The Kier molecular flexibility index (Phi) is 4.35. The fraction of sp³-hybridized carbons (Fsp3) is 0.667. The van der Waals surface area contributed by atoms with Crippen LogP contribution >= 0.6 is 11.3 Å². The van der Waals surface area contributed by atoms with E-state index in [-0.39, 0.29) is 6.04 Å². The van der Waals surface area contributed by atoms with Gasteiger partial charge in [0.05, 0.1) is 12.2 Å². The Balaban J connectivity index is 1.81. The van der Waals surface area contributed by atoms with E-state index in [2.05, 4.69) is 29.8 Å². The van der Waals surface area contributed by atoms with E-state index < -0.39 is 0 Å². The van der Waals surface area contributed by atoms with E-state index in [0.29, 0.717) is 18.8 Å². The molecule has 0 bridgehead atoms. The highest BCUT2D eigenvalue weighted by atomic mass is 32.1. The summed E-state index contributed by atoms with van der Waals surface area (Å²) in [5.74, 6) is 0. The molecule has 3 atom stereocenters. The van der Waals surface area contributed by atoms with Gasteiger partial charge in [0.15, 0.2) is 0 Å². The van der Waals surface area contributed by atoms with Crippen molar-refractivity contribution in [3.05, 3.63) is 22.4 Å². The lowest BCUT2D eigenvalue weighted by molar-refractivity contribution is 0.0335. The second-order valence-corrected chi connectivity index (χ2v) is 5.40. The summed E-state index contributed by atoms with van der Waals surface area (Å²) in [6, 6.07) is 4.50. The molecule has 0 saturated carbocycles. The number of hydrogen-bond donors (Lipinski definition) is 2. The standard InChI is InChI=1S/C12H20N2OS/c1-9-4-5-12(15-9)11(7-13)14-8-10-3-2-6-16-10/h2-3,6,9,11-12,14H,4-5,7-8,13H2,1H3. The lowest BCUT2D eigenvalue weighted by Gasteiger charge is -2.23. The van der Waals surface area contributed by atoms with Crippen LogP contribution in [0.2, 0.25) is 0 Å². The maximum Gasteiger partial charge on any atom is 0.0745 e. The van der Waals surface area contributed by atoms with Gasteiger partial charge in [-0.2, -0.15) is 0 Å². The van der Waals surface area contributed by atoms with Crippen LogP contribution in [0.25, 0.3) is 0 Å². The first kappa shape index (κ1) is 12.0. The van der Waals surface area contributed by atoms with E-state index in [1.807, 2.05) is 0 Å². The van der Waals surface area contributed by atoms with E-state index in [1.54, 1.807) is 11.3 Å². The van der Waals surface area contributed by atoms with Crippen molar-refractivity contribution in [3.8, 4) is 0 Å². The molecule has 3 nitrogen and oxygen atoms in total. The summed E-state index contributed by atoms with van der Waals surface area (Å²) in [7, 11) is 0. The zero-order chi connectivity index (χ0) is 11.4. The molecule has 4 heteroatoms. The van der Waals surface area contributed by atoms with E-state index in [1.165, 1.54) is 4.88 Å². The summed E-state index contributed by atoms with van der Waals surface area (Å²) in [5, 5.41) is 5.59. The molecule has 0 radical (unpaired) electrons. The third-order valence-electron chi connectivity index (χ3n) is 3.09. The Labute approximate surface area is 101 Å². The molecule has 0 amide bonds. The Hall–Kier alpha value is -0.420. The third-order valence-corrected chi connectivity index (χ3v) is 3.96. The molecule has 1 aromatic heterocycles. The predicted octanol–water partition coefficient (Wildman–Crippen LogP) is 1.73. The van der Waals surface area contributed by atoms with Crippen molar-refractivity contribution in [1.82, 2.24) is 5.32 Å². The molecule has 3 unspecified atom stereocenters. The Bertz CT molecular complexity index is 302. The number of nitrogens with two attached hydrogens (primary N) is 1. The molecule has 1 aromatic rings. The van der Waals surface area contributed by atoms with Gasteiger partial charge in [-0.15, -0.1) is 11.3 Å². The van der Waals surface area contributed by atoms with Crippen LogP contribution in [0, 0.1) is 0 Å². The SMILES string of the molecule is CC1CCC(C(CN)NCc2cccs2)O1. The van der Waals surface area contributed by atoms with Crippen LogP contribution in [0.15, 0.2) is 17.5 Å². The number of ether oxygens (including phenoxy) is 1. The molecular formula is C12H20N2OS. The monoisotopic (exact) mass is 240 g/mol. The first-order valence-electron chi connectivity index (χ1n) is 5.91. The van der Waals surface area contributed by atoms with E-state index in [4.69, 9.17) is 10.5 Å². The van der Waals surface area contributed by atoms with Gasteiger partial charge >= 0.3 is 0 Å².